The molecule has 1 aromatic heterocycles. The van der Waals surface area contributed by atoms with Crippen LogP contribution in [0.5, 0.6) is 0 Å². The molecule has 0 amide bonds. The van der Waals surface area contributed by atoms with E-state index >= 15 is 0 Å². The summed E-state index contributed by atoms with van der Waals surface area (Å²) in [7, 11) is -1.21. The summed E-state index contributed by atoms with van der Waals surface area (Å²) in [5.74, 6) is -2.09. The average molecular weight is 502 g/mol. The predicted octanol–water partition coefficient (Wildman–Crippen LogP) is 6.27. The molecule has 4 nitrogen and oxygen atoms in total. The largest absolute Gasteiger partial charge is 0.360 e. The first-order valence-corrected chi connectivity index (χ1v) is 13.9. The first-order chi connectivity index (χ1) is 13.6. The standard InChI is InChI=1S/C20H20BrClF2N2O2Si/c1-29(2,3)7-6-28-11-26-17-9-16(24)18(19(21)14(17)10-25-26)20(27)13-8-12(23)4-5-15(13)22/h4-5,8-10H,6-7,11H2,1-3H3. The van der Waals surface area contributed by atoms with Crippen LogP contribution in [0.1, 0.15) is 15.9 Å². The lowest BCUT2D eigenvalue weighted by atomic mass is 10.0. The number of hydrogen-bond donors (Lipinski definition) is 0. The fourth-order valence-corrected chi connectivity index (χ4v) is 4.43. The van der Waals surface area contributed by atoms with Gasteiger partial charge in [-0.1, -0.05) is 31.2 Å². The first-order valence-electron chi connectivity index (χ1n) is 8.99. The van der Waals surface area contributed by atoms with Crippen molar-refractivity contribution in [2.45, 2.75) is 32.4 Å². The van der Waals surface area contributed by atoms with E-state index in [9.17, 15) is 13.6 Å². The second-order valence-corrected chi connectivity index (χ2v) is 14.7. The fraction of sp³-hybridized carbons (Fsp3) is 0.300. The molecule has 0 saturated heterocycles. The van der Waals surface area contributed by atoms with Crippen LogP contribution < -0.4 is 0 Å². The molecule has 0 aliphatic rings. The third-order valence-electron chi connectivity index (χ3n) is 4.45. The van der Waals surface area contributed by atoms with E-state index in [0.717, 1.165) is 18.2 Å². The van der Waals surface area contributed by atoms with E-state index in [-0.39, 0.29) is 27.4 Å². The van der Waals surface area contributed by atoms with Crippen LogP contribution in [-0.2, 0) is 11.5 Å². The molecule has 0 radical (unpaired) electrons. The van der Waals surface area contributed by atoms with Crippen molar-refractivity contribution in [1.29, 1.82) is 0 Å². The van der Waals surface area contributed by atoms with Crippen LogP contribution in [0, 0.1) is 11.6 Å². The number of rotatable bonds is 7. The summed E-state index contributed by atoms with van der Waals surface area (Å²) >= 11 is 9.32. The van der Waals surface area contributed by atoms with Gasteiger partial charge in [-0.2, -0.15) is 5.10 Å². The van der Waals surface area contributed by atoms with E-state index in [0.29, 0.717) is 17.5 Å². The van der Waals surface area contributed by atoms with Gasteiger partial charge in [-0.15, -0.1) is 0 Å². The molecule has 0 atom stereocenters. The number of aromatic nitrogens is 2. The lowest BCUT2D eigenvalue weighted by molar-refractivity contribution is 0.0817. The van der Waals surface area contributed by atoms with Crippen molar-refractivity contribution in [2.75, 3.05) is 6.61 Å². The lowest BCUT2D eigenvalue weighted by Crippen LogP contribution is -2.22. The SMILES string of the molecule is C[Si](C)(C)CCOCn1ncc2c(Br)c(C(=O)c3cc(F)ccc3Cl)c(F)cc21. The Morgan fingerprint density at radius 3 is 2.69 bits per heavy atom. The van der Waals surface area contributed by atoms with E-state index in [4.69, 9.17) is 16.3 Å². The Bertz CT molecular complexity index is 1080. The molecule has 0 aliphatic carbocycles. The minimum absolute atomic E-state index is 0.0503. The van der Waals surface area contributed by atoms with Crippen LogP contribution in [0.2, 0.25) is 30.7 Å². The Balaban J connectivity index is 1.92. The Morgan fingerprint density at radius 1 is 1.28 bits per heavy atom. The maximum Gasteiger partial charge on any atom is 0.198 e. The number of carbonyl (C=O) groups is 1. The van der Waals surface area contributed by atoms with Crippen molar-refractivity contribution in [2.24, 2.45) is 0 Å². The van der Waals surface area contributed by atoms with Gasteiger partial charge in [0, 0.05) is 36.2 Å². The first kappa shape index (κ1) is 22.1. The zero-order valence-corrected chi connectivity index (χ0v) is 19.6. The number of hydrogen-bond acceptors (Lipinski definition) is 3. The van der Waals surface area contributed by atoms with Crippen LogP contribution in [-0.4, -0.2) is 30.2 Å². The highest BCUT2D eigenvalue weighted by molar-refractivity contribution is 9.10. The third-order valence-corrected chi connectivity index (χ3v) is 7.31. The topological polar surface area (TPSA) is 44.1 Å². The van der Waals surface area contributed by atoms with E-state index in [1.165, 1.54) is 23.0 Å². The summed E-state index contributed by atoms with van der Waals surface area (Å²) in [5.41, 5.74) is 0.168. The van der Waals surface area contributed by atoms with Crippen molar-refractivity contribution < 1.29 is 18.3 Å². The Labute approximate surface area is 181 Å². The summed E-state index contributed by atoms with van der Waals surface area (Å²) in [6.07, 6.45) is 1.53. The molecule has 9 heteroatoms. The van der Waals surface area contributed by atoms with Crippen LogP contribution in [0.3, 0.4) is 0 Å². The van der Waals surface area contributed by atoms with E-state index in [2.05, 4.69) is 40.7 Å². The molecule has 0 bridgehead atoms. The summed E-state index contributed by atoms with van der Waals surface area (Å²) in [6, 6.07) is 5.65. The van der Waals surface area contributed by atoms with Gasteiger partial charge in [0.25, 0.3) is 0 Å². The molecule has 29 heavy (non-hydrogen) atoms. The number of fused-ring (bicyclic) bond motifs is 1. The van der Waals surface area contributed by atoms with Crippen LogP contribution in [0.4, 0.5) is 8.78 Å². The highest BCUT2D eigenvalue weighted by Gasteiger charge is 2.24. The average Bonchev–Trinajstić information content (AvgIpc) is 3.03. The molecule has 3 rings (SSSR count). The van der Waals surface area contributed by atoms with Gasteiger partial charge in [0.2, 0.25) is 0 Å². The molecule has 0 spiro atoms. The van der Waals surface area contributed by atoms with Gasteiger partial charge in [-0.05, 0) is 40.2 Å². The number of ketones is 1. The van der Waals surface area contributed by atoms with Crippen molar-refractivity contribution in [3.63, 3.8) is 0 Å². The molecule has 2 aromatic carbocycles. The Hall–Kier alpha value is -1.61. The zero-order valence-electron chi connectivity index (χ0n) is 16.2. The second kappa shape index (κ2) is 8.63. The minimum Gasteiger partial charge on any atom is -0.360 e. The van der Waals surface area contributed by atoms with E-state index in [1.807, 2.05) is 0 Å². The molecular weight excluding hydrogens is 482 g/mol. The quantitative estimate of drug-likeness (QED) is 0.218. The molecule has 0 unspecified atom stereocenters. The fourth-order valence-electron chi connectivity index (χ4n) is 2.79. The number of benzene rings is 2. The summed E-state index contributed by atoms with van der Waals surface area (Å²) < 4.78 is 35.9. The molecule has 0 fully saturated rings. The normalized spacial score (nSPS) is 12.0. The van der Waals surface area contributed by atoms with Crippen LogP contribution >= 0.6 is 27.5 Å². The molecule has 154 valence electrons. The third kappa shape index (κ3) is 4.94. The molecule has 0 saturated carbocycles. The number of halogens is 4. The number of carbonyl (C=O) groups excluding carboxylic acids is 1. The highest BCUT2D eigenvalue weighted by atomic mass is 79.9. The maximum absolute atomic E-state index is 14.9. The minimum atomic E-state index is -1.21. The molecular formula is C20H20BrClF2N2O2Si. The second-order valence-electron chi connectivity index (χ2n) is 7.93. The number of nitrogens with zero attached hydrogens (tertiary/aromatic N) is 2. The van der Waals surface area contributed by atoms with Gasteiger partial charge < -0.3 is 4.74 Å². The number of ether oxygens (including phenoxy) is 1. The van der Waals surface area contributed by atoms with Gasteiger partial charge in [-0.25, -0.2) is 13.5 Å². The van der Waals surface area contributed by atoms with Gasteiger partial charge >= 0.3 is 0 Å². The van der Waals surface area contributed by atoms with Gasteiger partial charge in [-0.3, -0.25) is 4.79 Å². The van der Waals surface area contributed by atoms with Crippen molar-refractivity contribution in [3.8, 4) is 0 Å². The van der Waals surface area contributed by atoms with E-state index in [1.54, 1.807) is 0 Å². The molecule has 3 aromatic rings. The van der Waals surface area contributed by atoms with Crippen LogP contribution in [0.15, 0.2) is 34.9 Å². The van der Waals surface area contributed by atoms with Gasteiger partial charge in [0.1, 0.15) is 18.4 Å². The molecule has 0 N–H and O–H groups in total. The summed E-state index contributed by atoms with van der Waals surface area (Å²) in [6.45, 7) is 7.57. The smallest absolute Gasteiger partial charge is 0.198 e. The van der Waals surface area contributed by atoms with E-state index < -0.39 is 25.5 Å². The highest BCUT2D eigenvalue weighted by Crippen LogP contribution is 2.33. The van der Waals surface area contributed by atoms with Gasteiger partial charge in [0.15, 0.2) is 5.78 Å². The molecule has 0 aliphatic heterocycles. The van der Waals surface area contributed by atoms with Crippen molar-refractivity contribution >= 4 is 52.3 Å². The van der Waals surface area contributed by atoms with Crippen molar-refractivity contribution in [3.05, 3.63) is 62.7 Å². The predicted molar refractivity (Wildman–Crippen MR) is 116 cm³/mol. The zero-order chi connectivity index (χ0) is 21.3. The van der Waals surface area contributed by atoms with Crippen molar-refractivity contribution in [1.82, 2.24) is 9.78 Å². The summed E-state index contributed by atoms with van der Waals surface area (Å²) in [4.78, 5) is 12.8. The maximum atomic E-state index is 14.9. The summed E-state index contributed by atoms with van der Waals surface area (Å²) in [5, 5.41) is 4.85. The van der Waals surface area contributed by atoms with Gasteiger partial charge in [0.05, 0.1) is 22.3 Å². The Morgan fingerprint density at radius 2 is 2.00 bits per heavy atom. The monoisotopic (exact) mass is 500 g/mol. The van der Waals surface area contributed by atoms with Crippen LogP contribution in [0.25, 0.3) is 10.9 Å². The lowest BCUT2D eigenvalue weighted by Gasteiger charge is -2.15. The molecule has 1 heterocycles. The Kier molecular flexibility index (Phi) is 6.57.